The van der Waals surface area contributed by atoms with Gasteiger partial charge in [-0.3, -0.25) is 20.0 Å². The van der Waals surface area contributed by atoms with E-state index in [1.54, 1.807) is 12.1 Å². The van der Waals surface area contributed by atoms with Crippen molar-refractivity contribution < 1.29 is 9.66 Å². The van der Waals surface area contributed by atoms with Gasteiger partial charge in [0.05, 0.1) is 18.1 Å². The molecule has 150 valence electrons. The average molecular weight is 378 g/mol. The molecule has 2 rings (SSSR count). The normalized spacial score (nSPS) is 15.4. The van der Waals surface area contributed by atoms with Crippen molar-refractivity contribution >= 4 is 17.3 Å². The van der Waals surface area contributed by atoms with Gasteiger partial charge >= 0.3 is 0 Å². The van der Waals surface area contributed by atoms with Gasteiger partial charge < -0.3 is 20.7 Å². The van der Waals surface area contributed by atoms with Crippen LogP contribution in [0.2, 0.25) is 0 Å². The Labute approximate surface area is 160 Å². The number of anilines is 1. The third-order valence-electron chi connectivity index (χ3n) is 4.17. The highest BCUT2D eigenvalue weighted by atomic mass is 16.6. The van der Waals surface area contributed by atoms with E-state index in [2.05, 4.69) is 25.8 Å². The number of nitrogens with zero attached hydrogens (tertiary/aromatic N) is 3. The molecule has 1 heterocycles. The zero-order valence-electron chi connectivity index (χ0n) is 15.9. The molecule has 1 aliphatic rings. The molecule has 0 saturated carbocycles. The molecule has 0 unspecified atom stereocenters. The lowest BCUT2D eigenvalue weighted by molar-refractivity contribution is -0.384. The summed E-state index contributed by atoms with van der Waals surface area (Å²) in [4.78, 5) is 17.3. The Bertz CT molecular complexity index is 587. The summed E-state index contributed by atoms with van der Waals surface area (Å²) in [5, 5.41) is 20.4. The fourth-order valence-corrected chi connectivity index (χ4v) is 2.74. The number of hydrogen-bond acceptors (Lipinski definition) is 6. The van der Waals surface area contributed by atoms with Crippen LogP contribution in [0.25, 0.3) is 0 Å². The highest BCUT2D eigenvalue weighted by molar-refractivity contribution is 5.79. The van der Waals surface area contributed by atoms with Crippen LogP contribution in [0, 0.1) is 10.1 Å². The fraction of sp³-hybridized carbons (Fsp3) is 0.611. The van der Waals surface area contributed by atoms with Crippen LogP contribution in [-0.4, -0.2) is 74.8 Å². The second-order valence-corrected chi connectivity index (χ2v) is 6.23. The molecule has 9 nitrogen and oxygen atoms in total. The van der Waals surface area contributed by atoms with Gasteiger partial charge in [-0.2, -0.15) is 0 Å². The van der Waals surface area contributed by atoms with Crippen molar-refractivity contribution in [2.75, 3.05) is 64.3 Å². The number of nitrogens with one attached hydrogen (secondary N) is 3. The minimum Gasteiger partial charge on any atom is -0.383 e. The molecule has 3 N–H and O–H groups in total. The number of rotatable bonds is 10. The standard InChI is InChI=1S/C18H30N6O3/c1-2-19-18(21-8-3-11-23-12-14-27-15-13-23)22-10-9-20-16-4-6-17(7-5-16)24(25)26/h4-7,20H,2-3,8-15H2,1H3,(H2,19,21,22). The topological polar surface area (TPSA) is 104 Å². The van der Waals surface area contributed by atoms with Gasteiger partial charge in [-0.1, -0.05) is 0 Å². The zero-order valence-corrected chi connectivity index (χ0v) is 15.9. The molecule has 0 radical (unpaired) electrons. The van der Waals surface area contributed by atoms with E-state index >= 15 is 0 Å². The van der Waals surface area contributed by atoms with Crippen molar-refractivity contribution in [3.05, 3.63) is 34.4 Å². The van der Waals surface area contributed by atoms with E-state index in [9.17, 15) is 10.1 Å². The van der Waals surface area contributed by atoms with E-state index in [0.29, 0.717) is 13.1 Å². The van der Waals surface area contributed by atoms with Crippen LogP contribution in [0.4, 0.5) is 11.4 Å². The summed E-state index contributed by atoms with van der Waals surface area (Å²) in [5.41, 5.74) is 0.951. The van der Waals surface area contributed by atoms with E-state index in [-0.39, 0.29) is 5.69 Å². The first-order valence-electron chi connectivity index (χ1n) is 9.49. The second-order valence-electron chi connectivity index (χ2n) is 6.23. The van der Waals surface area contributed by atoms with Crippen molar-refractivity contribution in [3.63, 3.8) is 0 Å². The summed E-state index contributed by atoms with van der Waals surface area (Å²) in [5.74, 6) is 0.810. The van der Waals surface area contributed by atoms with E-state index in [1.807, 2.05) is 6.92 Å². The van der Waals surface area contributed by atoms with Gasteiger partial charge in [0.25, 0.3) is 5.69 Å². The molecule has 0 aliphatic carbocycles. The Hall–Kier alpha value is -2.39. The van der Waals surface area contributed by atoms with Crippen LogP contribution in [0.15, 0.2) is 29.3 Å². The summed E-state index contributed by atoms with van der Waals surface area (Å²) in [6.07, 6.45) is 1.03. The highest BCUT2D eigenvalue weighted by Gasteiger charge is 2.09. The van der Waals surface area contributed by atoms with E-state index < -0.39 is 4.92 Å². The van der Waals surface area contributed by atoms with Crippen molar-refractivity contribution in [2.45, 2.75) is 13.3 Å². The lowest BCUT2D eigenvalue weighted by atomic mass is 10.3. The molecule has 0 atom stereocenters. The summed E-state index contributed by atoms with van der Waals surface area (Å²) < 4.78 is 5.35. The molecular weight excluding hydrogens is 348 g/mol. The zero-order chi connectivity index (χ0) is 19.3. The van der Waals surface area contributed by atoms with Gasteiger partial charge in [0.1, 0.15) is 0 Å². The Morgan fingerprint density at radius 1 is 1.22 bits per heavy atom. The van der Waals surface area contributed by atoms with Crippen molar-refractivity contribution in [1.29, 1.82) is 0 Å². The number of guanidine groups is 1. The fourth-order valence-electron chi connectivity index (χ4n) is 2.74. The van der Waals surface area contributed by atoms with Crippen molar-refractivity contribution in [2.24, 2.45) is 4.99 Å². The van der Waals surface area contributed by atoms with Crippen LogP contribution in [-0.2, 0) is 4.74 Å². The van der Waals surface area contributed by atoms with Crippen LogP contribution in [0.5, 0.6) is 0 Å². The SMILES string of the molecule is CCNC(=NCCCN1CCOCC1)NCCNc1ccc([N+](=O)[O-])cc1. The third-order valence-corrected chi connectivity index (χ3v) is 4.17. The number of morpholine rings is 1. The maximum atomic E-state index is 10.7. The second kappa shape index (κ2) is 12.1. The van der Waals surface area contributed by atoms with Gasteiger partial charge in [-0.05, 0) is 25.5 Å². The number of ether oxygens (including phenoxy) is 1. The lowest BCUT2D eigenvalue weighted by Gasteiger charge is -2.26. The quantitative estimate of drug-likeness (QED) is 0.185. The predicted octanol–water partition coefficient (Wildman–Crippen LogP) is 1.28. The summed E-state index contributed by atoms with van der Waals surface area (Å²) in [6.45, 7) is 9.75. The number of nitro benzene ring substituents is 1. The Balaban J connectivity index is 1.64. The Morgan fingerprint density at radius 2 is 1.96 bits per heavy atom. The van der Waals surface area contributed by atoms with Gasteiger partial charge in [0.2, 0.25) is 0 Å². The van der Waals surface area contributed by atoms with Gasteiger partial charge in [0, 0.05) is 63.6 Å². The molecule has 1 saturated heterocycles. The first kappa shape index (κ1) is 20.9. The minimum absolute atomic E-state index is 0.0947. The van der Waals surface area contributed by atoms with E-state index in [4.69, 9.17) is 4.74 Å². The minimum atomic E-state index is -0.399. The van der Waals surface area contributed by atoms with Crippen LogP contribution in [0.1, 0.15) is 13.3 Å². The summed E-state index contributed by atoms with van der Waals surface area (Å²) in [7, 11) is 0. The molecule has 0 bridgehead atoms. The van der Waals surface area contributed by atoms with Crippen LogP contribution >= 0.6 is 0 Å². The monoisotopic (exact) mass is 378 g/mol. The Kier molecular flexibility index (Phi) is 9.36. The first-order valence-corrected chi connectivity index (χ1v) is 9.49. The number of benzene rings is 1. The van der Waals surface area contributed by atoms with Gasteiger partial charge in [-0.15, -0.1) is 0 Å². The smallest absolute Gasteiger partial charge is 0.269 e. The first-order chi connectivity index (χ1) is 13.2. The lowest BCUT2D eigenvalue weighted by Crippen LogP contribution is -2.40. The number of non-ortho nitro benzene ring substituents is 1. The molecule has 0 spiro atoms. The summed E-state index contributed by atoms with van der Waals surface area (Å²) in [6, 6.07) is 6.41. The molecule has 1 aromatic rings. The molecule has 1 fully saturated rings. The highest BCUT2D eigenvalue weighted by Crippen LogP contribution is 2.14. The van der Waals surface area contributed by atoms with E-state index in [0.717, 1.165) is 64.0 Å². The summed E-state index contributed by atoms with van der Waals surface area (Å²) >= 11 is 0. The number of aliphatic imine (C=N–C) groups is 1. The molecule has 1 aromatic carbocycles. The molecule has 1 aliphatic heterocycles. The van der Waals surface area contributed by atoms with Gasteiger partial charge in [0.15, 0.2) is 5.96 Å². The number of hydrogen-bond donors (Lipinski definition) is 3. The number of nitro groups is 1. The molecule has 27 heavy (non-hydrogen) atoms. The third kappa shape index (κ3) is 8.23. The van der Waals surface area contributed by atoms with Crippen LogP contribution < -0.4 is 16.0 Å². The predicted molar refractivity (Wildman–Crippen MR) is 107 cm³/mol. The molecule has 9 heteroatoms. The Morgan fingerprint density at radius 3 is 2.63 bits per heavy atom. The molecule has 0 aromatic heterocycles. The van der Waals surface area contributed by atoms with Gasteiger partial charge in [-0.25, -0.2) is 0 Å². The van der Waals surface area contributed by atoms with Crippen molar-refractivity contribution in [3.8, 4) is 0 Å². The average Bonchev–Trinajstić information content (AvgIpc) is 2.69. The van der Waals surface area contributed by atoms with E-state index in [1.165, 1.54) is 12.1 Å². The largest absolute Gasteiger partial charge is 0.383 e. The molecular formula is C18H30N6O3. The molecule has 0 amide bonds. The van der Waals surface area contributed by atoms with Crippen molar-refractivity contribution in [1.82, 2.24) is 15.5 Å². The van der Waals surface area contributed by atoms with Crippen LogP contribution in [0.3, 0.4) is 0 Å². The maximum Gasteiger partial charge on any atom is 0.269 e. The maximum absolute atomic E-state index is 10.7.